The maximum absolute atomic E-state index is 4.50. The summed E-state index contributed by atoms with van der Waals surface area (Å²) < 4.78 is 1.92. The summed E-state index contributed by atoms with van der Waals surface area (Å²) in [5.74, 6) is 0.583. The predicted molar refractivity (Wildman–Crippen MR) is 64.9 cm³/mol. The van der Waals surface area contributed by atoms with E-state index in [1.54, 1.807) is 0 Å². The fourth-order valence-electron chi connectivity index (χ4n) is 1.52. The zero-order valence-corrected chi connectivity index (χ0v) is 9.86. The van der Waals surface area contributed by atoms with Gasteiger partial charge in [0.05, 0.1) is 11.7 Å². The quantitative estimate of drug-likeness (QED) is 0.776. The first kappa shape index (κ1) is 11.7. The second-order valence-electron chi connectivity index (χ2n) is 3.74. The van der Waals surface area contributed by atoms with Crippen LogP contribution in [-0.2, 0) is 7.05 Å². The van der Waals surface area contributed by atoms with Gasteiger partial charge >= 0.3 is 0 Å². The van der Waals surface area contributed by atoms with Gasteiger partial charge in [-0.2, -0.15) is 5.10 Å². The summed E-state index contributed by atoms with van der Waals surface area (Å²) in [4.78, 5) is 0. The van der Waals surface area contributed by atoms with Gasteiger partial charge in [-0.3, -0.25) is 4.68 Å². The van der Waals surface area contributed by atoms with E-state index in [0.29, 0.717) is 5.92 Å². The molecule has 3 nitrogen and oxygen atoms in total. The molecule has 0 saturated carbocycles. The lowest BCUT2D eigenvalue weighted by atomic mass is 10.0. The molecule has 2 aromatic rings. The van der Waals surface area contributed by atoms with Gasteiger partial charge in [0.25, 0.3) is 0 Å². The molecule has 2 N–H and O–H groups in total. The van der Waals surface area contributed by atoms with Gasteiger partial charge in [0.2, 0.25) is 0 Å². The van der Waals surface area contributed by atoms with E-state index < -0.39 is 0 Å². The van der Waals surface area contributed by atoms with Crippen molar-refractivity contribution in [2.75, 3.05) is 7.05 Å². The molecule has 0 aliphatic rings. The minimum absolute atomic E-state index is 0.583. The van der Waals surface area contributed by atoms with E-state index in [1.165, 1.54) is 23.5 Å². The highest BCUT2D eigenvalue weighted by molar-refractivity contribution is 5.79. The Morgan fingerprint density at radius 2 is 1.93 bits per heavy atom. The van der Waals surface area contributed by atoms with E-state index in [0.717, 1.165) is 0 Å². The molecular weight excluding hydrogens is 186 g/mol. The second kappa shape index (κ2) is 4.94. The molecule has 0 radical (unpaired) electrons. The molecule has 0 bridgehead atoms. The lowest BCUT2D eigenvalue weighted by molar-refractivity contribution is 0.794. The normalized spacial score (nSPS) is 10.3. The molecule has 0 spiro atoms. The molecular formula is C12H19N3. The van der Waals surface area contributed by atoms with Crippen LogP contribution in [0.5, 0.6) is 0 Å². The third-order valence-corrected chi connectivity index (χ3v) is 2.44. The van der Waals surface area contributed by atoms with Crippen molar-refractivity contribution in [3.05, 3.63) is 30.0 Å². The molecule has 0 amide bonds. The Hall–Kier alpha value is -1.35. The first-order valence-electron chi connectivity index (χ1n) is 5.18. The topological polar surface area (TPSA) is 43.8 Å². The van der Waals surface area contributed by atoms with Crippen molar-refractivity contribution in [2.24, 2.45) is 12.8 Å². The third kappa shape index (κ3) is 2.36. The number of nitrogens with zero attached hydrogens (tertiary/aromatic N) is 2. The SMILES string of the molecule is CC(C)c1ccc2cnn(C)c2c1.CN. The largest absolute Gasteiger partial charge is 0.333 e. The summed E-state index contributed by atoms with van der Waals surface area (Å²) >= 11 is 0. The summed E-state index contributed by atoms with van der Waals surface area (Å²) in [6, 6.07) is 6.53. The van der Waals surface area contributed by atoms with Crippen LogP contribution in [0.25, 0.3) is 10.9 Å². The van der Waals surface area contributed by atoms with Gasteiger partial charge in [-0.05, 0) is 24.6 Å². The van der Waals surface area contributed by atoms with Crippen LogP contribution in [0, 0.1) is 0 Å². The number of hydrogen-bond donors (Lipinski definition) is 1. The maximum Gasteiger partial charge on any atom is 0.0681 e. The van der Waals surface area contributed by atoms with Crippen molar-refractivity contribution < 1.29 is 0 Å². The smallest absolute Gasteiger partial charge is 0.0681 e. The summed E-state index contributed by atoms with van der Waals surface area (Å²) in [7, 11) is 3.48. The summed E-state index contributed by atoms with van der Waals surface area (Å²) in [5, 5.41) is 5.43. The van der Waals surface area contributed by atoms with E-state index in [1.807, 2.05) is 17.9 Å². The van der Waals surface area contributed by atoms with Crippen LogP contribution >= 0.6 is 0 Å². The Morgan fingerprint density at radius 3 is 2.53 bits per heavy atom. The fraction of sp³-hybridized carbons (Fsp3) is 0.417. The van der Waals surface area contributed by atoms with Crippen molar-refractivity contribution in [1.29, 1.82) is 0 Å². The average molecular weight is 205 g/mol. The number of fused-ring (bicyclic) bond motifs is 1. The molecule has 15 heavy (non-hydrogen) atoms. The molecule has 2 rings (SSSR count). The van der Waals surface area contributed by atoms with Crippen molar-refractivity contribution in [1.82, 2.24) is 9.78 Å². The van der Waals surface area contributed by atoms with Gasteiger partial charge in [-0.15, -0.1) is 0 Å². The van der Waals surface area contributed by atoms with Crippen LogP contribution in [0.3, 0.4) is 0 Å². The van der Waals surface area contributed by atoms with E-state index >= 15 is 0 Å². The van der Waals surface area contributed by atoms with Crippen LogP contribution in [0.4, 0.5) is 0 Å². The van der Waals surface area contributed by atoms with Crippen molar-refractivity contribution in [3.8, 4) is 0 Å². The molecule has 82 valence electrons. The van der Waals surface area contributed by atoms with Crippen LogP contribution in [0.2, 0.25) is 0 Å². The molecule has 0 aliphatic carbocycles. The lowest BCUT2D eigenvalue weighted by Gasteiger charge is -2.04. The first-order chi connectivity index (χ1) is 7.18. The summed E-state index contributed by atoms with van der Waals surface area (Å²) in [6.45, 7) is 4.41. The van der Waals surface area contributed by atoms with Gasteiger partial charge in [0.1, 0.15) is 0 Å². The number of rotatable bonds is 1. The standard InChI is InChI=1S/C11H14N2.CH5N/c1-8(2)9-4-5-10-7-12-13(3)11(10)6-9;1-2/h4-8H,1-3H3;2H2,1H3. The lowest BCUT2D eigenvalue weighted by Crippen LogP contribution is -1.91. The Bertz CT molecular complexity index is 429. The minimum Gasteiger partial charge on any atom is -0.333 e. The average Bonchev–Trinajstić information content (AvgIpc) is 2.63. The summed E-state index contributed by atoms with van der Waals surface area (Å²) in [5.41, 5.74) is 7.09. The molecule has 1 aromatic carbocycles. The van der Waals surface area contributed by atoms with Crippen LogP contribution in [0.1, 0.15) is 25.3 Å². The molecule has 0 atom stereocenters. The fourth-order valence-corrected chi connectivity index (χ4v) is 1.52. The molecule has 0 unspecified atom stereocenters. The molecule has 0 aliphatic heterocycles. The Kier molecular flexibility index (Phi) is 3.86. The number of aromatic nitrogens is 2. The second-order valence-corrected chi connectivity index (χ2v) is 3.74. The number of nitrogens with two attached hydrogens (primary N) is 1. The van der Waals surface area contributed by atoms with Crippen molar-refractivity contribution in [3.63, 3.8) is 0 Å². The summed E-state index contributed by atoms with van der Waals surface area (Å²) in [6.07, 6.45) is 1.90. The maximum atomic E-state index is 4.50. The molecule has 0 fully saturated rings. The molecule has 3 heteroatoms. The highest BCUT2D eigenvalue weighted by Gasteiger charge is 2.03. The monoisotopic (exact) mass is 205 g/mol. The van der Waals surface area contributed by atoms with Gasteiger partial charge < -0.3 is 5.73 Å². The highest BCUT2D eigenvalue weighted by Crippen LogP contribution is 2.20. The van der Waals surface area contributed by atoms with E-state index in [-0.39, 0.29) is 0 Å². The Balaban J connectivity index is 0.000000531. The zero-order valence-electron chi connectivity index (χ0n) is 9.86. The van der Waals surface area contributed by atoms with E-state index in [4.69, 9.17) is 0 Å². The first-order valence-corrected chi connectivity index (χ1v) is 5.18. The van der Waals surface area contributed by atoms with Gasteiger partial charge in [0.15, 0.2) is 0 Å². The third-order valence-electron chi connectivity index (χ3n) is 2.44. The molecule has 1 heterocycles. The van der Waals surface area contributed by atoms with Crippen LogP contribution < -0.4 is 5.73 Å². The number of aryl methyl sites for hydroxylation is 1. The number of benzene rings is 1. The molecule has 0 saturated heterocycles. The zero-order chi connectivity index (χ0) is 11.4. The minimum atomic E-state index is 0.583. The number of hydrogen-bond acceptors (Lipinski definition) is 2. The van der Waals surface area contributed by atoms with Gasteiger partial charge in [-0.1, -0.05) is 26.0 Å². The van der Waals surface area contributed by atoms with Crippen LogP contribution in [0.15, 0.2) is 24.4 Å². The van der Waals surface area contributed by atoms with E-state index in [2.05, 4.69) is 42.9 Å². The Morgan fingerprint density at radius 1 is 1.27 bits per heavy atom. The van der Waals surface area contributed by atoms with Gasteiger partial charge in [-0.25, -0.2) is 0 Å². The Labute approximate surface area is 90.9 Å². The predicted octanol–water partition coefficient (Wildman–Crippen LogP) is 2.27. The van der Waals surface area contributed by atoms with Crippen molar-refractivity contribution in [2.45, 2.75) is 19.8 Å². The highest BCUT2D eigenvalue weighted by atomic mass is 15.2. The van der Waals surface area contributed by atoms with Crippen LogP contribution in [-0.4, -0.2) is 16.8 Å². The van der Waals surface area contributed by atoms with E-state index in [9.17, 15) is 0 Å². The van der Waals surface area contributed by atoms with Gasteiger partial charge in [0, 0.05) is 12.4 Å². The van der Waals surface area contributed by atoms with Crippen molar-refractivity contribution >= 4 is 10.9 Å². The molecule has 1 aromatic heterocycles.